The Bertz CT molecular complexity index is 316. The number of benzene rings is 1. The molecule has 0 aliphatic heterocycles. The fraction of sp³-hybridized carbons (Fsp3) is 0.455. The second-order valence-corrected chi connectivity index (χ2v) is 4.14. The van der Waals surface area contributed by atoms with E-state index in [9.17, 15) is 5.11 Å². The monoisotopic (exact) mass is 196 g/mol. The van der Waals surface area contributed by atoms with Gasteiger partial charge < -0.3 is 5.11 Å². The van der Waals surface area contributed by atoms with Crippen molar-refractivity contribution in [2.75, 3.05) is 0 Å². The maximum Gasteiger partial charge on any atom is 0.0762 e. The van der Waals surface area contributed by atoms with Gasteiger partial charge in [-0.15, -0.1) is 0 Å². The van der Waals surface area contributed by atoms with Gasteiger partial charge >= 0.3 is 0 Å². The topological polar surface area (TPSA) is 20.2 Å². The molecule has 1 atom stereocenters. The molecule has 1 aromatic rings. The van der Waals surface area contributed by atoms with Gasteiger partial charge in [0, 0.05) is 5.02 Å². The van der Waals surface area contributed by atoms with E-state index >= 15 is 0 Å². The summed E-state index contributed by atoms with van der Waals surface area (Å²) in [5.74, 6) is 0.676. The Balaban J connectivity index is 2.31. The van der Waals surface area contributed by atoms with Crippen LogP contribution in [0.15, 0.2) is 18.2 Å². The molecule has 0 heterocycles. The molecule has 0 radical (unpaired) electrons. The minimum absolute atomic E-state index is 0.425. The predicted molar refractivity (Wildman–Crippen MR) is 54.1 cm³/mol. The van der Waals surface area contributed by atoms with Crippen LogP contribution in [0.1, 0.15) is 42.9 Å². The third kappa shape index (κ3) is 1.87. The summed E-state index contributed by atoms with van der Waals surface area (Å²) in [6.45, 7) is 1.75. The molecule has 0 saturated heterocycles. The fourth-order valence-electron chi connectivity index (χ4n) is 1.53. The smallest absolute Gasteiger partial charge is 0.0762 e. The summed E-state index contributed by atoms with van der Waals surface area (Å²) in [4.78, 5) is 0. The van der Waals surface area contributed by atoms with Crippen LogP contribution in [0, 0.1) is 0 Å². The van der Waals surface area contributed by atoms with Crippen molar-refractivity contribution in [3.8, 4) is 0 Å². The summed E-state index contributed by atoms with van der Waals surface area (Å²) >= 11 is 6.10. The molecule has 1 nitrogen and oxygen atoms in total. The lowest BCUT2D eigenvalue weighted by molar-refractivity contribution is 0.199. The van der Waals surface area contributed by atoms with Gasteiger partial charge in [-0.05, 0) is 42.9 Å². The Kier molecular flexibility index (Phi) is 2.31. The van der Waals surface area contributed by atoms with E-state index in [2.05, 4.69) is 0 Å². The van der Waals surface area contributed by atoms with Crippen LogP contribution >= 0.6 is 11.6 Å². The third-order valence-corrected chi connectivity index (χ3v) is 2.85. The second kappa shape index (κ2) is 3.32. The second-order valence-electron chi connectivity index (χ2n) is 3.73. The van der Waals surface area contributed by atoms with Crippen LogP contribution in [-0.4, -0.2) is 5.11 Å². The first kappa shape index (κ1) is 9.04. The maximum atomic E-state index is 9.33. The molecule has 1 aromatic carbocycles. The zero-order valence-electron chi connectivity index (χ0n) is 7.63. The summed E-state index contributed by atoms with van der Waals surface area (Å²) in [6.07, 6.45) is 2.09. The SMILES string of the molecule is CC(O)c1ccc(C2CC2)c(Cl)c1. The van der Waals surface area contributed by atoms with Crippen LogP contribution in [0.25, 0.3) is 0 Å². The lowest BCUT2D eigenvalue weighted by Crippen LogP contribution is -1.92. The minimum atomic E-state index is -0.425. The van der Waals surface area contributed by atoms with Gasteiger partial charge in [0.15, 0.2) is 0 Å². The average Bonchev–Trinajstić information content (AvgIpc) is 2.87. The Morgan fingerprint density at radius 2 is 2.15 bits per heavy atom. The van der Waals surface area contributed by atoms with Gasteiger partial charge in [0.25, 0.3) is 0 Å². The number of rotatable bonds is 2. The van der Waals surface area contributed by atoms with Crippen LogP contribution in [0.2, 0.25) is 5.02 Å². The first-order chi connectivity index (χ1) is 6.18. The summed E-state index contributed by atoms with van der Waals surface area (Å²) in [7, 11) is 0. The average molecular weight is 197 g/mol. The van der Waals surface area contributed by atoms with Gasteiger partial charge in [0.1, 0.15) is 0 Å². The largest absolute Gasteiger partial charge is 0.389 e. The molecule has 1 aliphatic rings. The molecular weight excluding hydrogens is 184 g/mol. The lowest BCUT2D eigenvalue weighted by Gasteiger charge is -2.07. The van der Waals surface area contributed by atoms with E-state index in [0.717, 1.165) is 10.6 Å². The molecule has 0 bridgehead atoms. The first-order valence-corrected chi connectivity index (χ1v) is 5.03. The summed E-state index contributed by atoms with van der Waals surface area (Å²) < 4.78 is 0. The zero-order chi connectivity index (χ0) is 9.42. The van der Waals surface area contributed by atoms with Crippen molar-refractivity contribution in [2.24, 2.45) is 0 Å². The maximum absolute atomic E-state index is 9.33. The van der Waals surface area contributed by atoms with Gasteiger partial charge in [-0.25, -0.2) is 0 Å². The summed E-state index contributed by atoms with van der Waals surface area (Å²) in [6, 6.07) is 5.88. The molecule has 1 aliphatic carbocycles. The van der Waals surface area contributed by atoms with Crippen LogP contribution in [0.3, 0.4) is 0 Å². The van der Waals surface area contributed by atoms with E-state index in [1.807, 2.05) is 18.2 Å². The molecule has 0 amide bonds. The molecule has 1 fully saturated rings. The Labute approximate surface area is 83.3 Å². The highest BCUT2D eigenvalue weighted by Crippen LogP contribution is 2.43. The van der Waals surface area contributed by atoms with E-state index in [1.54, 1.807) is 6.92 Å². The molecule has 70 valence electrons. The number of aliphatic hydroxyl groups excluding tert-OH is 1. The van der Waals surface area contributed by atoms with E-state index in [-0.39, 0.29) is 0 Å². The molecule has 1 N–H and O–H groups in total. The van der Waals surface area contributed by atoms with Gasteiger partial charge in [0.2, 0.25) is 0 Å². The highest BCUT2D eigenvalue weighted by Gasteiger charge is 2.25. The number of aliphatic hydroxyl groups is 1. The van der Waals surface area contributed by atoms with Crippen molar-refractivity contribution >= 4 is 11.6 Å². The Hall–Kier alpha value is -0.530. The summed E-state index contributed by atoms with van der Waals surface area (Å²) in [5.41, 5.74) is 2.14. The molecule has 0 aromatic heterocycles. The molecular formula is C11H13ClO. The minimum Gasteiger partial charge on any atom is -0.389 e. The van der Waals surface area contributed by atoms with Crippen molar-refractivity contribution in [2.45, 2.75) is 31.8 Å². The molecule has 13 heavy (non-hydrogen) atoms. The van der Waals surface area contributed by atoms with Gasteiger partial charge in [-0.3, -0.25) is 0 Å². The molecule has 1 saturated carbocycles. The van der Waals surface area contributed by atoms with Crippen molar-refractivity contribution in [1.82, 2.24) is 0 Å². The number of hydrogen-bond donors (Lipinski definition) is 1. The van der Waals surface area contributed by atoms with Crippen LogP contribution < -0.4 is 0 Å². The molecule has 0 spiro atoms. The zero-order valence-corrected chi connectivity index (χ0v) is 8.38. The summed E-state index contributed by atoms with van der Waals surface area (Å²) in [5, 5.41) is 10.1. The first-order valence-electron chi connectivity index (χ1n) is 4.66. The highest BCUT2D eigenvalue weighted by molar-refractivity contribution is 6.31. The predicted octanol–water partition coefficient (Wildman–Crippen LogP) is 3.27. The number of halogens is 1. The van der Waals surface area contributed by atoms with E-state index in [0.29, 0.717) is 5.92 Å². The van der Waals surface area contributed by atoms with Crippen LogP contribution in [-0.2, 0) is 0 Å². The van der Waals surface area contributed by atoms with Gasteiger partial charge in [-0.2, -0.15) is 0 Å². The Morgan fingerprint density at radius 3 is 2.62 bits per heavy atom. The quantitative estimate of drug-likeness (QED) is 0.770. The van der Waals surface area contributed by atoms with Crippen LogP contribution in [0.5, 0.6) is 0 Å². The normalized spacial score (nSPS) is 18.7. The fourth-order valence-corrected chi connectivity index (χ4v) is 1.87. The van der Waals surface area contributed by atoms with E-state index in [4.69, 9.17) is 11.6 Å². The van der Waals surface area contributed by atoms with Crippen molar-refractivity contribution < 1.29 is 5.11 Å². The molecule has 2 rings (SSSR count). The van der Waals surface area contributed by atoms with E-state index < -0.39 is 6.10 Å². The van der Waals surface area contributed by atoms with Crippen molar-refractivity contribution in [3.63, 3.8) is 0 Å². The van der Waals surface area contributed by atoms with Crippen molar-refractivity contribution in [3.05, 3.63) is 34.3 Å². The molecule has 1 unspecified atom stereocenters. The molecule has 2 heteroatoms. The Morgan fingerprint density at radius 1 is 1.46 bits per heavy atom. The lowest BCUT2D eigenvalue weighted by atomic mass is 10.1. The van der Waals surface area contributed by atoms with Gasteiger partial charge in [0.05, 0.1) is 6.10 Å². The highest BCUT2D eigenvalue weighted by atomic mass is 35.5. The standard InChI is InChI=1S/C11H13ClO/c1-7(13)9-4-5-10(8-2-3-8)11(12)6-9/h4-8,13H,2-3H2,1H3. The van der Waals surface area contributed by atoms with Crippen LogP contribution in [0.4, 0.5) is 0 Å². The number of hydrogen-bond acceptors (Lipinski definition) is 1. The third-order valence-electron chi connectivity index (χ3n) is 2.52. The van der Waals surface area contributed by atoms with Crippen molar-refractivity contribution in [1.29, 1.82) is 0 Å². The van der Waals surface area contributed by atoms with E-state index in [1.165, 1.54) is 18.4 Å². The van der Waals surface area contributed by atoms with Gasteiger partial charge in [-0.1, -0.05) is 23.7 Å².